The van der Waals surface area contributed by atoms with E-state index in [1.165, 1.54) is 23.8 Å². The predicted molar refractivity (Wildman–Crippen MR) is 86.8 cm³/mol. The normalized spacial score (nSPS) is 12.1. The van der Waals surface area contributed by atoms with Crippen molar-refractivity contribution in [3.63, 3.8) is 0 Å². The van der Waals surface area contributed by atoms with E-state index in [0.29, 0.717) is 22.7 Å². The minimum atomic E-state index is -0.924. The number of carbonyl (C=O) groups excluding carboxylic acids is 2. The third-order valence-electron chi connectivity index (χ3n) is 3.24. The van der Waals surface area contributed by atoms with Gasteiger partial charge in [0.05, 0.1) is 5.56 Å². The van der Waals surface area contributed by atoms with E-state index in [2.05, 4.69) is 20.5 Å². The van der Waals surface area contributed by atoms with Crippen LogP contribution in [0.5, 0.6) is 0 Å². The van der Waals surface area contributed by atoms with E-state index >= 15 is 0 Å². The standard InChI is InChI=1S/C15H14N4O4S/c1-3-11(13(20)17-15-19-18-8(2)24-15)23-14(21)9-4-5-10-12(6-9)22-7-16-10/h4-7,11H,3H2,1-2H3,(H,17,19,20). The predicted octanol–water partition coefficient (Wildman–Crippen LogP) is 2.56. The van der Waals surface area contributed by atoms with Crippen molar-refractivity contribution in [3.8, 4) is 0 Å². The minimum Gasteiger partial charge on any atom is -0.449 e. The third-order valence-corrected chi connectivity index (χ3v) is 3.99. The van der Waals surface area contributed by atoms with E-state index in [1.807, 2.05) is 0 Å². The maximum absolute atomic E-state index is 12.3. The molecule has 1 unspecified atom stereocenters. The highest BCUT2D eigenvalue weighted by atomic mass is 32.1. The molecule has 3 rings (SSSR count). The highest BCUT2D eigenvalue weighted by Gasteiger charge is 2.23. The molecule has 0 aliphatic rings. The number of anilines is 1. The number of amides is 1. The Labute approximate surface area is 140 Å². The van der Waals surface area contributed by atoms with Gasteiger partial charge in [0.2, 0.25) is 5.13 Å². The van der Waals surface area contributed by atoms with Gasteiger partial charge in [-0.1, -0.05) is 18.3 Å². The number of aromatic nitrogens is 3. The number of ether oxygens (including phenoxy) is 1. The molecule has 1 aromatic carbocycles. The number of benzene rings is 1. The summed E-state index contributed by atoms with van der Waals surface area (Å²) in [6.07, 6.45) is 0.707. The van der Waals surface area contributed by atoms with Gasteiger partial charge >= 0.3 is 5.97 Å². The van der Waals surface area contributed by atoms with Crippen LogP contribution in [0, 0.1) is 6.92 Å². The van der Waals surface area contributed by atoms with Crippen LogP contribution in [0.3, 0.4) is 0 Å². The second-order valence-corrected chi connectivity index (χ2v) is 6.13. The lowest BCUT2D eigenvalue weighted by molar-refractivity contribution is -0.124. The van der Waals surface area contributed by atoms with Crippen LogP contribution in [-0.4, -0.2) is 33.2 Å². The first-order chi connectivity index (χ1) is 11.6. The van der Waals surface area contributed by atoms with Gasteiger partial charge in [0.15, 0.2) is 18.1 Å². The second kappa shape index (κ2) is 6.75. The van der Waals surface area contributed by atoms with Crippen molar-refractivity contribution in [1.29, 1.82) is 0 Å². The summed E-state index contributed by atoms with van der Waals surface area (Å²) < 4.78 is 10.5. The van der Waals surface area contributed by atoms with Gasteiger partial charge < -0.3 is 9.15 Å². The Balaban J connectivity index is 1.69. The maximum atomic E-state index is 12.3. The van der Waals surface area contributed by atoms with Crippen LogP contribution >= 0.6 is 11.3 Å². The van der Waals surface area contributed by atoms with E-state index in [9.17, 15) is 9.59 Å². The van der Waals surface area contributed by atoms with Crippen molar-refractivity contribution in [2.24, 2.45) is 0 Å². The van der Waals surface area contributed by atoms with Crippen LogP contribution in [0.1, 0.15) is 28.7 Å². The van der Waals surface area contributed by atoms with Crippen LogP contribution in [0.4, 0.5) is 5.13 Å². The number of aryl methyl sites for hydroxylation is 1. The molecular weight excluding hydrogens is 332 g/mol. The fraction of sp³-hybridized carbons (Fsp3) is 0.267. The molecule has 8 nitrogen and oxygen atoms in total. The topological polar surface area (TPSA) is 107 Å². The van der Waals surface area contributed by atoms with Crippen molar-refractivity contribution in [1.82, 2.24) is 15.2 Å². The zero-order valence-electron chi connectivity index (χ0n) is 13.0. The maximum Gasteiger partial charge on any atom is 0.339 e. The molecule has 1 atom stereocenters. The number of nitrogens with one attached hydrogen (secondary N) is 1. The van der Waals surface area contributed by atoms with Crippen LogP contribution < -0.4 is 5.32 Å². The Hall–Kier alpha value is -2.81. The molecule has 0 aliphatic carbocycles. The second-order valence-electron chi connectivity index (χ2n) is 4.95. The molecule has 2 heterocycles. The number of nitrogens with zero attached hydrogens (tertiary/aromatic N) is 3. The zero-order chi connectivity index (χ0) is 17.1. The molecule has 124 valence electrons. The van der Waals surface area contributed by atoms with E-state index in [4.69, 9.17) is 9.15 Å². The molecule has 0 saturated carbocycles. The average Bonchev–Trinajstić information content (AvgIpc) is 3.20. The molecule has 0 saturated heterocycles. The fourth-order valence-corrected chi connectivity index (χ4v) is 2.63. The van der Waals surface area contributed by atoms with Crippen LogP contribution in [0.25, 0.3) is 11.1 Å². The average molecular weight is 346 g/mol. The molecular formula is C15H14N4O4S. The van der Waals surface area contributed by atoms with Gasteiger partial charge in [-0.25, -0.2) is 9.78 Å². The third kappa shape index (κ3) is 3.40. The number of fused-ring (bicyclic) bond motifs is 1. The quantitative estimate of drug-likeness (QED) is 0.707. The monoisotopic (exact) mass is 346 g/mol. The van der Waals surface area contributed by atoms with Crippen molar-refractivity contribution in [2.45, 2.75) is 26.4 Å². The van der Waals surface area contributed by atoms with Gasteiger partial charge in [-0.2, -0.15) is 0 Å². The fourth-order valence-electron chi connectivity index (χ4n) is 2.03. The molecule has 1 N–H and O–H groups in total. The summed E-state index contributed by atoms with van der Waals surface area (Å²) in [5.41, 5.74) is 1.41. The molecule has 0 radical (unpaired) electrons. The van der Waals surface area contributed by atoms with Gasteiger partial charge in [0.25, 0.3) is 5.91 Å². The molecule has 0 fully saturated rings. The van der Waals surface area contributed by atoms with E-state index in [0.717, 1.165) is 5.01 Å². The Morgan fingerprint density at radius 1 is 1.38 bits per heavy atom. The molecule has 0 aliphatic heterocycles. The Morgan fingerprint density at radius 2 is 2.21 bits per heavy atom. The van der Waals surface area contributed by atoms with E-state index in [-0.39, 0.29) is 5.56 Å². The number of rotatable bonds is 5. The first-order valence-electron chi connectivity index (χ1n) is 7.22. The number of hydrogen-bond donors (Lipinski definition) is 1. The summed E-state index contributed by atoms with van der Waals surface area (Å²) in [5.74, 6) is -1.05. The van der Waals surface area contributed by atoms with Crippen molar-refractivity contribution in [3.05, 3.63) is 35.2 Å². The summed E-state index contributed by atoms with van der Waals surface area (Å²) in [5, 5.41) is 11.3. The lowest BCUT2D eigenvalue weighted by atomic mass is 10.2. The minimum absolute atomic E-state index is 0.289. The van der Waals surface area contributed by atoms with Crippen LogP contribution in [0.15, 0.2) is 29.0 Å². The smallest absolute Gasteiger partial charge is 0.339 e. The Morgan fingerprint density at radius 3 is 2.92 bits per heavy atom. The van der Waals surface area contributed by atoms with Crippen molar-refractivity contribution < 1.29 is 18.7 Å². The Kier molecular flexibility index (Phi) is 4.52. The van der Waals surface area contributed by atoms with Gasteiger partial charge in [0.1, 0.15) is 10.5 Å². The first-order valence-corrected chi connectivity index (χ1v) is 8.03. The first kappa shape index (κ1) is 16.1. The lowest BCUT2D eigenvalue weighted by Crippen LogP contribution is -2.32. The highest BCUT2D eigenvalue weighted by molar-refractivity contribution is 7.15. The van der Waals surface area contributed by atoms with Crippen molar-refractivity contribution in [2.75, 3.05) is 5.32 Å². The number of oxazole rings is 1. The summed E-state index contributed by atoms with van der Waals surface area (Å²) in [4.78, 5) is 28.4. The van der Waals surface area contributed by atoms with E-state index in [1.54, 1.807) is 26.0 Å². The van der Waals surface area contributed by atoms with Crippen LogP contribution in [-0.2, 0) is 9.53 Å². The number of carbonyl (C=O) groups is 2. The van der Waals surface area contributed by atoms with E-state index < -0.39 is 18.0 Å². The molecule has 9 heteroatoms. The zero-order valence-corrected chi connectivity index (χ0v) is 13.8. The summed E-state index contributed by atoms with van der Waals surface area (Å²) >= 11 is 1.25. The summed E-state index contributed by atoms with van der Waals surface area (Å²) in [6.45, 7) is 3.53. The lowest BCUT2D eigenvalue weighted by Gasteiger charge is -2.14. The van der Waals surface area contributed by atoms with Crippen LogP contribution in [0.2, 0.25) is 0 Å². The molecule has 24 heavy (non-hydrogen) atoms. The van der Waals surface area contributed by atoms with Gasteiger partial charge in [-0.3, -0.25) is 10.1 Å². The number of hydrogen-bond acceptors (Lipinski definition) is 8. The molecule has 0 bridgehead atoms. The highest BCUT2D eigenvalue weighted by Crippen LogP contribution is 2.17. The largest absolute Gasteiger partial charge is 0.449 e. The van der Waals surface area contributed by atoms with Gasteiger partial charge in [-0.05, 0) is 31.5 Å². The summed E-state index contributed by atoms with van der Waals surface area (Å²) in [7, 11) is 0. The SMILES string of the molecule is CCC(OC(=O)c1ccc2ncoc2c1)C(=O)Nc1nnc(C)s1. The molecule has 2 aromatic heterocycles. The number of esters is 1. The summed E-state index contributed by atoms with van der Waals surface area (Å²) in [6, 6.07) is 4.76. The molecule has 1 amide bonds. The van der Waals surface area contributed by atoms with Crippen molar-refractivity contribution >= 4 is 39.4 Å². The van der Waals surface area contributed by atoms with Gasteiger partial charge in [0, 0.05) is 0 Å². The molecule has 3 aromatic rings. The Bertz CT molecular complexity index is 888. The molecule has 0 spiro atoms. The van der Waals surface area contributed by atoms with Gasteiger partial charge in [-0.15, -0.1) is 10.2 Å².